The van der Waals surface area contributed by atoms with Crippen LogP contribution < -0.4 is 11.1 Å². The first-order valence-corrected chi connectivity index (χ1v) is 6.73. The van der Waals surface area contributed by atoms with E-state index in [9.17, 15) is 4.79 Å². The largest absolute Gasteiger partial charge is 0.320 e. The van der Waals surface area contributed by atoms with Gasteiger partial charge in [-0.25, -0.2) is 4.98 Å². The highest BCUT2D eigenvalue weighted by molar-refractivity contribution is 5.93. The number of aromatic nitrogens is 1. The molecule has 98 valence electrons. The number of amides is 1. The fourth-order valence-electron chi connectivity index (χ4n) is 2.54. The van der Waals surface area contributed by atoms with Gasteiger partial charge in [0.2, 0.25) is 5.91 Å². The van der Waals surface area contributed by atoms with Gasteiger partial charge in [-0.05, 0) is 24.5 Å². The minimum Gasteiger partial charge on any atom is -0.320 e. The van der Waals surface area contributed by atoms with Gasteiger partial charge in [-0.15, -0.1) is 0 Å². The SMILES string of the molecule is NC(CC1CCCCC1)C(=O)Nc1ccccn1. The van der Waals surface area contributed by atoms with Gasteiger partial charge in [0, 0.05) is 6.20 Å². The Morgan fingerprint density at radius 3 is 2.83 bits per heavy atom. The van der Waals surface area contributed by atoms with Crippen LogP contribution in [0.1, 0.15) is 38.5 Å². The van der Waals surface area contributed by atoms with E-state index in [-0.39, 0.29) is 5.91 Å². The predicted octanol–water partition coefficient (Wildman–Crippen LogP) is 2.32. The molecular formula is C14H21N3O. The van der Waals surface area contributed by atoms with E-state index >= 15 is 0 Å². The molecule has 18 heavy (non-hydrogen) atoms. The highest BCUT2D eigenvalue weighted by atomic mass is 16.2. The summed E-state index contributed by atoms with van der Waals surface area (Å²) in [6.07, 6.45) is 8.75. The van der Waals surface area contributed by atoms with Crippen molar-refractivity contribution in [3.8, 4) is 0 Å². The zero-order valence-electron chi connectivity index (χ0n) is 10.6. The highest BCUT2D eigenvalue weighted by Crippen LogP contribution is 2.27. The van der Waals surface area contributed by atoms with E-state index < -0.39 is 6.04 Å². The second kappa shape index (κ2) is 6.50. The van der Waals surface area contributed by atoms with Crippen molar-refractivity contribution in [2.24, 2.45) is 11.7 Å². The smallest absolute Gasteiger partial charge is 0.242 e. The van der Waals surface area contributed by atoms with E-state index in [2.05, 4.69) is 10.3 Å². The van der Waals surface area contributed by atoms with Crippen molar-refractivity contribution in [3.05, 3.63) is 24.4 Å². The number of carbonyl (C=O) groups is 1. The molecule has 3 N–H and O–H groups in total. The van der Waals surface area contributed by atoms with Crippen LogP contribution in [0, 0.1) is 5.92 Å². The Kier molecular flexibility index (Phi) is 4.70. The Labute approximate surface area is 108 Å². The Bertz CT molecular complexity index is 374. The average molecular weight is 247 g/mol. The maximum absolute atomic E-state index is 11.9. The standard InChI is InChI=1S/C14H21N3O/c15-12(10-11-6-2-1-3-7-11)14(18)17-13-8-4-5-9-16-13/h4-5,8-9,11-12H,1-3,6-7,10,15H2,(H,16,17,18). The quantitative estimate of drug-likeness (QED) is 0.858. The van der Waals surface area contributed by atoms with E-state index in [0.29, 0.717) is 11.7 Å². The minimum atomic E-state index is -0.421. The molecule has 4 nitrogen and oxygen atoms in total. The van der Waals surface area contributed by atoms with Crippen LogP contribution in [0.15, 0.2) is 24.4 Å². The molecule has 0 aromatic carbocycles. The third-order valence-corrected chi connectivity index (χ3v) is 3.56. The van der Waals surface area contributed by atoms with E-state index in [0.717, 1.165) is 6.42 Å². The summed E-state index contributed by atoms with van der Waals surface area (Å²) in [5.41, 5.74) is 5.96. The van der Waals surface area contributed by atoms with Gasteiger partial charge < -0.3 is 11.1 Å². The van der Waals surface area contributed by atoms with Crippen LogP contribution >= 0.6 is 0 Å². The summed E-state index contributed by atoms with van der Waals surface area (Å²) >= 11 is 0. The third-order valence-electron chi connectivity index (χ3n) is 3.56. The fourth-order valence-corrected chi connectivity index (χ4v) is 2.54. The van der Waals surface area contributed by atoms with Crippen molar-refractivity contribution in [2.75, 3.05) is 5.32 Å². The van der Waals surface area contributed by atoms with Crippen LogP contribution in [0.5, 0.6) is 0 Å². The zero-order valence-corrected chi connectivity index (χ0v) is 10.6. The topological polar surface area (TPSA) is 68.0 Å². The van der Waals surface area contributed by atoms with Gasteiger partial charge in [0.1, 0.15) is 5.82 Å². The molecular weight excluding hydrogens is 226 g/mol. The molecule has 1 aliphatic carbocycles. The molecule has 0 saturated heterocycles. The molecule has 0 bridgehead atoms. The lowest BCUT2D eigenvalue weighted by Gasteiger charge is -2.23. The maximum atomic E-state index is 11.9. The second-order valence-corrected chi connectivity index (χ2v) is 5.05. The maximum Gasteiger partial charge on any atom is 0.242 e. The highest BCUT2D eigenvalue weighted by Gasteiger charge is 2.21. The van der Waals surface area contributed by atoms with Gasteiger partial charge in [-0.2, -0.15) is 0 Å². The summed E-state index contributed by atoms with van der Waals surface area (Å²) < 4.78 is 0. The lowest BCUT2D eigenvalue weighted by molar-refractivity contribution is -0.117. The summed E-state index contributed by atoms with van der Waals surface area (Å²) in [5, 5.41) is 2.76. The summed E-state index contributed by atoms with van der Waals surface area (Å²) in [4.78, 5) is 16.0. The van der Waals surface area contributed by atoms with Gasteiger partial charge in [0.15, 0.2) is 0 Å². The number of anilines is 1. The number of carbonyl (C=O) groups excluding carboxylic acids is 1. The third kappa shape index (κ3) is 3.81. The molecule has 1 atom stereocenters. The van der Waals surface area contributed by atoms with Crippen molar-refractivity contribution >= 4 is 11.7 Å². The van der Waals surface area contributed by atoms with E-state index in [4.69, 9.17) is 5.73 Å². The summed E-state index contributed by atoms with van der Waals surface area (Å²) in [6, 6.07) is 5.01. The molecule has 2 rings (SSSR count). The first-order chi connectivity index (χ1) is 8.75. The number of nitrogens with two attached hydrogens (primary N) is 1. The number of hydrogen-bond donors (Lipinski definition) is 2. The Hall–Kier alpha value is -1.42. The summed E-state index contributed by atoms with van der Waals surface area (Å²) in [7, 11) is 0. The molecule has 4 heteroatoms. The molecule has 0 radical (unpaired) electrons. The first kappa shape index (κ1) is 13.0. The van der Waals surface area contributed by atoms with Crippen LogP contribution in [0.2, 0.25) is 0 Å². The van der Waals surface area contributed by atoms with Crippen LogP contribution in [0.4, 0.5) is 5.82 Å². The fraction of sp³-hybridized carbons (Fsp3) is 0.571. The number of pyridine rings is 1. The first-order valence-electron chi connectivity index (χ1n) is 6.73. The van der Waals surface area contributed by atoms with Crippen molar-refractivity contribution in [1.29, 1.82) is 0 Å². The molecule has 0 spiro atoms. The second-order valence-electron chi connectivity index (χ2n) is 5.05. The molecule has 1 saturated carbocycles. The summed E-state index contributed by atoms with van der Waals surface area (Å²) in [6.45, 7) is 0. The molecule has 1 unspecified atom stereocenters. The number of hydrogen-bond acceptors (Lipinski definition) is 3. The van der Waals surface area contributed by atoms with Gasteiger partial charge in [-0.1, -0.05) is 38.2 Å². The molecule has 1 amide bonds. The number of nitrogens with zero attached hydrogens (tertiary/aromatic N) is 1. The average Bonchev–Trinajstić information content (AvgIpc) is 2.41. The lowest BCUT2D eigenvalue weighted by atomic mass is 9.85. The molecule has 1 aromatic rings. The Balaban J connectivity index is 1.81. The predicted molar refractivity (Wildman–Crippen MR) is 72.0 cm³/mol. The molecule has 1 aliphatic rings. The zero-order chi connectivity index (χ0) is 12.8. The Morgan fingerprint density at radius 1 is 1.39 bits per heavy atom. The molecule has 1 heterocycles. The molecule has 1 fully saturated rings. The van der Waals surface area contributed by atoms with Gasteiger partial charge in [0.05, 0.1) is 6.04 Å². The van der Waals surface area contributed by atoms with Gasteiger partial charge in [-0.3, -0.25) is 4.79 Å². The van der Waals surface area contributed by atoms with E-state index in [1.54, 1.807) is 12.3 Å². The normalized spacial score (nSPS) is 18.3. The van der Waals surface area contributed by atoms with Crippen molar-refractivity contribution < 1.29 is 4.79 Å². The van der Waals surface area contributed by atoms with Crippen LogP contribution in [0.25, 0.3) is 0 Å². The number of rotatable bonds is 4. The van der Waals surface area contributed by atoms with Gasteiger partial charge in [0.25, 0.3) is 0 Å². The monoisotopic (exact) mass is 247 g/mol. The lowest BCUT2D eigenvalue weighted by Crippen LogP contribution is -2.37. The summed E-state index contributed by atoms with van der Waals surface area (Å²) in [5.74, 6) is 1.06. The number of nitrogens with one attached hydrogen (secondary N) is 1. The van der Waals surface area contributed by atoms with Crippen molar-refractivity contribution in [2.45, 2.75) is 44.6 Å². The van der Waals surface area contributed by atoms with E-state index in [1.165, 1.54) is 32.1 Å². The van der Waals surface area contributed by atoms with Crippen LogP contribution in [-0.4, -0.2) is 16.9 Å². The Morgan fingerprint density at radius 2 is 2.17 bits per heavy atom. The van der Waals surface area contributed by atoms with Crippen molar-refractivity contribution in [3.63, 3.8) is 0 Å². The van der Waals surface area contributed by atoms with Gasteiger partial charge >= 0.3 is 0 Å². The van der Waals surface area contributed by atoms with Crippen LogP contribution in [-0.2, 0) is 4.79 Å². The van der Waals surface area contributed by atoms with Crippen LogP contribution in [0.3, 0.4) is 0 Å². The van der Waals surface area contributed by atoms with Crippen molar-refractivity contribution in [1.82, 2.24) is 4.98 Å². The minimum absolute atomic E-state index is 0.126. The molecule has 0 aliphatic heterocycles. The molecule has 1 aromatic heterocycles. The van der Waals surface area contributed by atoms with E-state index in [1.807, 2.05) is 12.1 Å².